The van der Waals surface area contributed by atoms with Crippen molar-refractivity contribution in [2.24, 2.45) is 0 Å². The zero-order valence-electron chi connectivity index (χ0n) is 18.7. The van der Waals surface area contributed by atoms with Crippen molar-refractivity contribution in [2.75, 3.05) is 20.8 Å². The average Bonchev–Trinajstić information content (AvgIpc) is 3.25. The smallest absolute Gasteiger partial charge is 0.324 e. The predicted octanol–water partition coefficient (Wildman–Crippen LogP) is 5.16. The summed E-state index contributed by atoms with van der Waals surface area (Å²) in [7, 11) is 3.23. The minimum atomic E-state index is -0.971. The molecule has 0 aliphatic heterocycles. The second-order valence-electron chi connectivity index (χ2n) is 7.27. The first-order valence-electron chi connectivity index (χ1n) is 10.4. The van der Waals surface area contributed by atoms with Gasteiger partial charge in [-0.05, 0) is 58.2 Å². The summed E-state index contributed by atoms with van der Waals surface area (Å²) in [4.78, 5) is 19.0. The van der Waals surface area contributed by atoms with Crippen LogP contribution >= 0.6 is 27.3 Å². The SMILES string of the molecule is CCO[C@H](c1nc(Br)cs1)[C@@H](C(=O)O)N(Cc1ccc(OC)cc1)Cc1ccc(OC)cc1. The molecule has 0 aliphatic rings. The van der Waals surface area contributed by atoms with Gasteiger partial charge in [-0.3, -0.25) is 9.69 Å². The van der Waals surface area contributed by atoms with Gasteiger partial charge in [0.2, 0.25) is 0 Å². The number of carboxylic acids is 1. The number of methoxy groups -OCH3 is 2. The van der Waals surface area contributed by atoms with Crippen LogP contribution in [0.3, 0.4) is 0 Å². The number of aliphatic carboxylic acids is 1. The van der Waals surface area contributed by atoms with E-state index in [-0.39, 0.29) is 0 Å². The van der Waals surface area contributed by atoms with Crippen LogP contribution in [0.5, 0.6) is 11.5 Å². The Balaban J connectivity index is 1.98. The maximum Gasteiger partial charge on any atom is 0.324 e. The fraction of sp³-hybridized carbons (Fsp3) is 0.333. The van der Waals surface area contributed by atoms with Crippen molar-refractivity contribution < 1.29 is 24.1 Å². The van der Waals surface area contributed by atoms with Gasteiger partial charge in [0, 0.05) is 25.1 Å². The fourth-order valence-electron chi connectivity index (χ4n) is 3.54. The van der Waals surface area contributed by atoms with Crippen LogP contribution in [0.25, 0.3) is 0 Å². The number of nitrogens with zero attached hydrogens (tertiary/aromatic N) is 2. The highest BCUT2D eigenvalue weighted by Gasteiger charge is 2.37. The van der Waals surface area contributed by atoms with Crippen LogP contribution in [0.4, 0.5) is 0 Å². The number of hydrogen-bond donors (Lipinski definition) is 1. The van der Waals surface area contributed by atoms with Gasteiger partial charge in [0.1, 0.15) is 33.3 Å². The van der Waals surface area contributed by atoms with E-state index in [0.717, 1.165) is 22.6 Å². The molecule has 0 fully saturated rings. The molecule has 0 bridgehead atoms. The van der Waals surface area contributed by atoms with Crippen molar-refractivity contribution in [1.29, 1.82) is 0 Å². The van der Waals surface area contributed by atoms with Crippen LogP contribution in [0, 0.1) is 0 Å². The molecule has 2 atom stereocenters. The molecule has 0 unspecified atom stereocenters. The Hall–Kier alpha value is -2.46. The zero-order valence-corrected chi connectivity index (χ0v) is 21.1. The van der Waals surface area contributed by atoms with E-state index >= 15 is 0 Å². The second kappa shape index (κ2) is 12.1. The van der Waals surface area contributed by atoms with Gasteiger partial charge in [-0.2, -0.15) is 0 Å². The molecule has 1 heterocycles. The van der Waals surface area contributed by atoms with Crippen molar-refractivity contribution in [2.45, 2.75) is 32.2 Å². The summed E-state index contributed by atoms with van der Waals surface area (Å²) in [6.45, 7) is 3.03. The number of carbonyl (C=O) groups is 1. The van der Waals surface area contributed by atoms with E-state index in [1.807, 2.05) is 65.7 Å². The molecule has 0 amide bonds. The van der Waals surface area contributed by atoms with Gasteiger partial charge in [0.25, 0.3) is 0 Å². The van der Waals surface area contributed by atoms with Crippen molar-refractivity contribution in [3.05, 3.63) is 74.6 Å². The lowest BCUT2D eigenvalue weighted by Gasteiger charge is -2.33. The summed E-state index contributed by atoms with van der Waals surface area (Å²) in [6.07, 6.45) is -0.722. The lowest BCUT2D eigenvalue weighted by Crippen LogP contribution is -2.45. The number of halogens is 1. The molecule has 2 aromatic carbocycles. The van der Waals surface area contributed by atoms with Gasteiger partial charge in [-0.1, -0.05) is 24.3 Å². The summed E-state index contributed by atoms with van der Waals surface area (Å²) in [5.74, 6) is 0.520. The first kappa shape index (κ1) is 25.2. The lowest BCUT2D eigenvalue weighted by molar-refractivity contribution is -0.151. The predicted molar refractivity (Wildman–Crippen MR) is 131 cm³/mol. The monoisotopic (exact) mass is 534 g/mol. The van der Waals surface area contributed by atoms with Crippen molar-refractivity contribution in [3.63, 3.8) is 0 Å². The number of ether oxygens (including phenoxy) is 3. The summed E-state index contributed by atoms with van der Waals surface area (Å²) in [6, 6.07) is 14.3. The molecule has 1 aromatic heterocycles. The van der Waals surface area contributed by atoms with E-state index in [2.05, 4.69) is 20.9 Å². The Morgan fingerprint density at radius 3 is 1.91 bits per heavy atom. The first-order valence-corrected chi connectivity index (χ1v) is 12.1. The average molecular weight is 535 g/mol. The minimum Gasteiger partial charge on any atom is -0.497 e. The van der Waals surface area contributed by atoms with Gasteiger partial charge in [-0.25, -0.2) is 4.98 Å². The molecule has 9 heteroatoms. The number of thiazole rings is 1. The number of aromatic nitrogens is 1. The third kappa shape index (κ3) is 6.77. The van der Waals surface area contributed by atoms with E-state index < -0.39 is 18.1 Å². The largest absolute Gasteiger partial charge is 0.497 e. The van der Waals surface area contributed by atoms with E-state index in [4.69, 9.17) is 14.2 Å². The van der Waals surface area contributed by atoms with Crippen LogP contribution < -0.4 is 9.47 Å². The highest BCUT2D eigenvalue weighted by Crippen LogP contribution is 2.32. The van der Waals surface area contributed by atoms with Gasteiger partial charge in [0.15, 0.2) is 0 Å². The zero-order chi connectivity index (χ0) is 23.8. The second-order valence-corrected chi connectivity index (χ2v) is 8.97. The number of rotatable bonds is 12. The van der Waals surface area contributed by atoms with Crippen LogP contribution in [0.2, 0.25) is 0 Å². The molecule has 0 saturated heterocycles. The molecular formula is C24H27BrN2O5S. The van der Waals surface area contributed by atoms with Crippen LogP contribution in [0.15, 0.2) is 58.5 Å². The van der Waals surface area contributed by atoms with E-state index in [1.165, 1.54) is 11.3 Å². The van der Waals surface area contributed by atoms with E-state index in [1.54, 1.807) is 14.2 Å². The summed E-state index contributed by atoms with van der Waals surface area (Å²) in [5, 5.41) is 12.8. The first-order chi connectivity index (χ1) is 15.9. The third-order valence-electron chi connectivity index (χ3n) is 5.11. The Bertz CT molecular complexity index is 977. The standard InChI is InChI=1S/C24H27BrN2O5S/c1-4-32-22(23-26-20(25)15-33-23)21(24(28)29)27(13-16-5-9-18(30-2)10-6-16)14-17-7-11-19(31-3)12-8-17/h5-12,15,21-22H,4,13-14H2,1-3H3,(H,28,29)/t21-,22-/m0/s1. The molecule has 3 rings (SSSR count). The number of hydrogen-bond acceptors (Lipinski definition) is 7. The number of carboxylic acid groups (broad SMARTS) is 1. The van der Waals surface area contributed by atoms with E-state index in [9.17, 15) is 9.90 Å². The molecule has 0 radical (unpaired) electrons. The molecule has 33 heavy (non-hydrogen) atoms. The van der Waals surface area contributed by atoms with Gasteiger partial charge in [-0.15, -0.1) is 11.3 Å². The Morgan fingerprint density at radius 2 is 1.55 bits per heavy atom. The van der Waals surface area contributed by atoms with Gasteiger partial charge < -0.3 is 19.3 Å². The maximum absolute atomic E-state index is 12.6. The molecule has 7 nitrogen and oxygen atoms in total. The Morgan fingerprint density at radius 1 is 1.03 bits per heavy atom. The summed E-state index contributed by atoms with van der Waals surface area (Å²) < 4.78 is 17.1. The lowest BCUT2D eigenvalue weighted by atomic mass is 10.1. The fourth-order valence-corrected chi connectivity index (χ4v) is 4.88. The minimum absolute atomic E-state index is 0.366. The molecule has 3 aromatic rings. The summed E-state index contributed by atoms with van der Waals surface area (Å²) in [5.41, 5.74) is 1.93. The van der Waals surface area contributed by atoms with Crippen LogP contribution in [-0.4, -0.2) is 47.8 Å². The van der Waals surface area contributed by atoms with Crippen molar-refractivity contribution in [3.8, 4) is 11.5 Å². The number of benzene rings is 2. The quantitative estimate of drug-likeness (QED) is 0.343. The molecular weight excluding hydrogens is 508 g/mol. The highest BCUT2D eigenvalue weighted by molar-refractivity contribution is 9.10. The normalized spacial score (nSPS) is 13.0. The van der Waals surface area contributed by atoms with Crippen molar-refractivity contribution in [1.82, 2.24) is 9.88 Å². The van der Waals surface area contributed by atoms with Crippen molar-refractivity contribution >= 4 is 33.2 Å². The van der Waals surface area contributed by atoms with E-state index in [0.29, 0.717) is 29.3 Å². The molecule has 0 aliphatic carbocycles. The van der Waals surface area contributed by atoms with Crippen LogP contribution in [0.1, 0.15) is 29.2 Å². The van der Waals surface area contributed by atoms with Gasteiger partial charge in [0.05, 0.1) is 14.2 Å². The Labute approximate surface area is 206 Å². The topological polar surface area (TPSA) is 81.1 Å². The van der Waals surface area contributed by atoms with Gasteiger partial charge >= 0.3 is 5.97 Å². The Kier molecular flexibility index (Phi) is 9.25. The highest BCUT2D eigenvalue weighted by atomic mass is 79.9. The molecule has 0 saturated carbocycles. The molecule has 176 valence electrons. The molecule has 0 spiro atoms. The maximum atomic E-state index is 12.6. The molecule has 1 N–H and O–H groups in total. The third-order valence-corrected chi connectivity index (χ3v) is 6.72. The van der Waals surface area contributed by atoms with Crippen LogP contribution in [-0.2, 0) is 22.6 Å². The summed E-state index contributed by atoms with van der Waals surface area (Å²) >= 11 is 4.75.